The number of hydrogen-bond donors (Lipinski definition) is 2. The van der Waals surface area contributed by atoms with Gasteiger partial charge in [0.15, 0.2) is 0 Å². The topological polar surface area (TPSA) is 41.1 Å². The third kappa shape index (κ3) is 4.35. The van der Waals surface area contributed by atoms with E-state index >= 15 is 0 Å². The van der Waals surface area contributed by atoms with E-state index < -0.39 is 0 Å². The van der Waals surface area contributed by atoms with Crippen molar-refractivity contribution in [2.24, 2.45) is 0 Å². The van der Waals surface area contributed by atoms with Crippen molar-refractivity contribution < 1.29 is 4.79 Å². The second-order valence-electron chi connectivity index (χ2n) is 4.24. The van der Waals surface area contributed by atoms with Crippen LogP contribution in [0.3, 0.4) is 0 Å². The monoisotopic (exact) mass is 266 g/mol. The van der Waals surface area contributed by atoms with Crippen LogP contribution in [0.15, 0.2) is 29.2 Å². The molecule has 0 aliphatic rings. The van der Waals surface area contributed by atoms with Crippen molar-refractivity contribution in [1.82, 2.24) is 10.6 Å². The second kappa shape index (κ2) is 7.44. The SMILES string of the molecule is CCNC(=O)C(C)Sc1cccc(C(C)NC)c1. The summed E-state index contributed by atoms with van der Waals surface area (Å²) in [5.74, 6) is 0.0922. The maximum absolute atomic E-state index is 11.7. The number of thioether (sulfide) groups is 1. The first-order valence-corrected chi connectivity index (χ1v) is 7.18. The molecule has 0 saturated heterocycles. The van der Waals surface area contributed by atoms with Gasteiger partial charge in [0, 0.05) is 17.5 Å². The van der Waals surface area contributed by atoms with Crippen LogP contribution in [0.5, 0.6) is 0 Å². The van der Waals surface area contributed by atoms with Gasteiger partial charge in [-0.2, -0.15) is 0 Å². The molecule has 1 aromatic rings. The first kappa shape index (κ1) is 15.1. The van der Waals surface area contributed by atoms with Crippen molar-refractivity contribution in [3.05, 3.63) is 29.8 Å². The molecule has 1 amide bonds. The second-order valence-corrected chi connectivity index (χ2v) is 5.65. The normalized spacial score (nSPS) is 14.0. The Hall–Kier alpha value is -1.00. The van der Waals surface area contributed by atoms with E-state index in [9.17, 15) is 4.79 Å². The smallest absolute Gasteiger partial charge is 0.233 e. The van der Waals surface area contributed by atoms with Crippen LogP contribution in [0.4, 0.5) is 0 Å². The van der Waals surface area contributed by atoms with Crippen molar-refractivity contribution in [3.8, 4) is 0 Å². The lowest BCUT2D eigenvalue weighted by atomic mass is 10.1. The first-order valence-electron chi connectivity index (χ1n) is 6.30. The third-order valence-corrected chi connectivity index (χ3v) is 3.92. The van der Waals surface area contributed by atoms with Gasteiger partial charge in [-0.3, -0.25) is 4.79 Å². The van der Waals surface area contributed by atoms with Gasteiger partial charge in [-0.1, -0.05) is 12.1 Å². The van der Waals surface area contributed by atoms with Crippen molar-refractivity contribution in [1.29, 1.82) is 0 Å². The van der Waals surface area contributed by atoms with E-state index in [4.69, 9.17) is 0 Å². The van der Waals surface area contributed by atoms with Crippen LogP contribution in [0, 0.1) is 0 Å². The van der Waals surface area contributed by atoms with Gasteiger partial charge in [0.2, 0.25) is 5.91 Å². The zero-order chi connectivity index (χ0) is 13.5. The predicted octanol–water partition coefficient (Wildman–Crippen LogP) is 2.58. The van der Waals surface area contributed by atoms with Gasteiger partial charge < -0.3 is 10.6 Å². The Morgan fingerprint density at radius 3 is 2.72 bits per heavy atom. The minimum Gasteiger partial charge on any atom is -0.355 e. The molecule has 0 fully saturated rings. The summed E-state index contributed by atoms with van der Waals surface area (Å²) in [5.41, 5.74) is 1.24. The summed E-state index contributed by atoms with van der Waals surface area (Å²) in [6.07, 6.45) is 0. The zero-order valence-corrected chi connectivity index (χ0v) is 12.3. The molecule has 0 aliphatic heterocycles. The Morgan fingerprint density at radius 2 is 2.11 bits per heavy atom. The Kier molecular flexibility index (Phi) is 6.22. The number of amides is 1. The molecule has 100 valence electrons. The fourth-order valence-electron chi connectivity index (χ4n) is 1.60. The quantitative estimate of drug-likeness (QED) is 0.778. The van der Waals surface area contributed by atoms with E-state index in [-0.39, 0.29) is 11.2 Å². The van der Waals surface area contributed by atoms with Crippen LogP contribution in [0.2, 0.25) is 0 Å². The van der Waals surface area contributed by atoms with E-state index in [1.165, 1.54) is 5.56 Å². The van der Waals surface area contributed by atoms with Crippen LogP contribution in [-0.4, -0.2) is 24.7 Å². The fraction of sp³-hybridized carbons (Fsp3) is 0.500. The minimum atomic E-state index is -0.0647. The van der Waals surface area contributed by atoms with Gasteiger partial charge in [-0.25, -0.2) is 0 Å². The Bertz CT molecular complexity index is 395. The molecule has 1 rings (SSSR count). The summed E-state index contributed by atoms with van der Waals surface area (Å²) in [4.78, 5) is 12.8. The molecular weight excluding hydrogens is 244 g/mol. The predicted molar refractivity (Wildman–Crippen MR) is 77.9 cm³/mol. The third-order valence-electron chi connectivity index (χ3n) is 2.82. The van der Waals surface area contributed by atoms with E-state index in [1.54, 1.807) is 11.8 Å². The summed E-state index contributed by atoms with van der Waals surface area (Å²) < 4.78 is 0. The number of rotatable bonds is 6. The molecule has 0 bridgehead atoms. The lowest BCUT2D eigenvalue weighted by Gasteiger charge is -2.14. The Morgan fingerprint density at radius 1 is 1.39 bits per heavy atom. The number of nitrogens with one attached hydrogen (secondary N) is 2. The zero-order valence-electron chi connectivity index (χ0n) is 11.5. The molecule has 0 aliphatic carbocycles. The van der Waals surface area contributed by atoms with Gasteiger partial charge in [-0.05, 0) is 45.5 Å². The molecule has 2 atom stereocenters. The standard InChI is InChI=1S/C14H22N2OS/c1-5-16-14(17)11(3)18-13-8-6-7-12(9-13)10(2)15-4/h6-11,15H,5H2,1-4H3,(H,16,17). The molecule has 2 N–H and O–H groups in total. The van der Waals surface area contributed by atoms with Gasteiger partial charge in [0.1, 0.15) is 0 Å². The first-order chi connectivity index (χ1) is 8.58. The molecule has 0 radical (unpaired) electrons. The van der Waals surface area contributed by atoms with E-state index in [1.807, 2.05) is 33.0 Å². The molecule has 0 saturated carbocycles. The van der Waals surface area contributed by atoms with Crippen molar-refractivity contribution >= 4 is 17.7 Å². The summed E-state index contributed by atoms with van der Waals surface area (Å²) in [6, 6.07) is 8.65. The van der Waals surface area contributed by atoms with E-state index in [0.717, 1.165) is 4.90 Å². The number of carbonyl (C=O) groups is 1. The average molecular weight is 266 g/mol. The highest BCUT2D eigenvalue weighted by molar-refractivity contribution is 8.00. The number of carbonyl (C=O) groups excluding carboxylic acids is 1. The van der Waals surface area contributed by atoms with Gasteiger partial charge in [0.25, 0.3) is 0 Å². The lowest BCUT2D eigenvalue weighted by molar-refractivity contribution is -0.120. The molecule has 18 heavy (non-hydrogen) atoms. The Balaban J connectivity index is 2.70. The molecule has 0 spiro atoms. The summed E-state index contributed by atoms with van der Waals surface area (Å²) in [5, 5.41) is 5.99. The van der Waals surface area contributed by atoms with Crippen LogP contribution in [-0.2, 0) is 4.79 Å². The summed E-state index contributed by atoms with van der Waals surface area (Å²) >= 11 is 1.59. The highest BCUT2D eigenvalue weighted by Gasteiger charge is 2.13. The minimum absolute atomic E-state index is 0.0647. The van der Waals surface area contributed by atoms with Crippen LogP contribution in [0.1, 0.15) is 32.4 Å². The van der Waals surface area contributed by atoms with Gasteiger partial charge >= 0.3 is 0 Å². The largest absolute Gasteiger partial charge is 0.355 e. The van der Waals surface area contributed by atoms with Crippen molar-refractivity contribution in [3.63, 3.8) is 0 Å². The van der Waals surface area contributed by atoms with Gasteiger partial charge in [0.05, 0.1) is 5.25 Å². The molecule has 0 heterocycles. The molecule has 2 unspecified atom stereocenters. The van der Waals surface area contributed by atoms with E-state index in [2.05, 4.69) is 29.7 Å². The maximum Gasteiger partial charge on any atom is 0.233 e. The number of hydrogen-bond acceptors (Lipinski definition) is 3. The molecule has 1 aromatic carbocycles. The van der Waals surface area contributed by atoms with Crippen molar-refractivity contribution in [2.45, 2.75) is 37.0 Å². The van der Waals surface area contributed by atoms with Crippen LogP contribution < -0.4 is 10.6 Å². The molecule has 4 heteroatoms. The highest BCUT2D eigenvalue weighted by atomic mass is 32.2. The average Bonchev–Trinajstić information content (AvgIpc) is 2.38. The van der Waals surface area contributed by atoms with Crippen LogP contribution in [0.25, 0.3) is 0 Å². The summed E-state index contributed by atoms with van der Waals surface area (Å²) in [7, 11) is 1.95. The van der Waals surface area contributed by atoms with Gasteiger partial charge in [-0.15, -0.1) is 11.8 Å². The lowest BCUT2D eigenvalue weighted by Crippen LogP contribution is -2.30. The van der Waals surface area contributed by atoms with Crippen molar-refractivity contribution in [2.75, 3.05) is 13.6 Å². The Labute approximate surface area is 114 Å². The number of benzene rings is 1. The molecular formula is C14H22N2OS. The molecule has 3 nitrogen and oxygen atoms in total. The summed E-state index contributed by atoms with van der Waals surface area (Å²) in [6.45, 7) is 6.67. The fourth-order valence-corrected chi connectivity index (χ4v) is 2.56. The maximum atomic E-state index is 11.7. The van der Waals surface area contributed by atoms with E-state index in [0.29, 0.717) is 12.6 Å². The highest BCUT2D eigenvalue weighted by Crippen LogP contribution is 2.26. The van der Waals surface area contributed by atoms with Crippen LogP contribution >= 0.6 is 11.8 Å². The molecule has 0 aromatic heterocycles.